The van der Waals surface area contributed by atoms with Gasteiger partial charge in [-0.15, -0.1) is 0 Å². The molecule has 7 heteroatoms. The lowest BCUT2D eigenvalue weighted by molar-refractivity contribution is -0.0782. The number of imidazole rings is 1. The van der Waals surface area contributed by atoms with Crippen LogP contribution in [0.1, 0.15) is 25.2 Å². The Labute approximate surface area is 110 Å². The third-order valence-electron chi connectivity index (χ3n) is 3.36. The van der Waals surface area contributed by atoms with Crippen LogP contribution in [0.25, 0.3) is 0 Å². The van der Waals surface area contributed by atoms with Gasteiger partial charge in [-0.3, -0.25) is 9.47 Å². The van der Waals surface area contributed by atoms with Crippen LogP contribution >= 0.6 is 0 Å². The van der Waals surface area contributed by atoms with E-state index in [-0.39, 0.29) is 6.54 Å². The Morgan fingerprint density at radius 3 is 2.84 bits per heavy atom. The lowest BCUT2D eigenvalue weighted by atomic mass is 9.94. The van der Waals surface area contributed by atoms with Gasteiger partial charge in [-0.2, -0.15) is 8.78 Å². The highest BCUT2D eigenvalue weighted by molar-refractivity contribution is 4.94. The van der Waals surface area contributed by atoms with E-state index in [9.17, 15) is 13.9 Å². The maximum Gasteiger partial charge on any atom is 0.319 e. The highest BCUT2D eigenvalue weighted by atomic mass is 19.3. The first-order valence-corrected chi connectivity index (χ1v) is 6.29. The first-order valence-electron chi connectivity index (χ1n) is 6.29. The van der Waals surface area contributed by atoms with Crippen molar-refractivity contribution in [1.82, 2.24) is 14.5 Å². The molecule has 0 spiro atoms. The number of aromatic nitrogens is 2. The first kappa shape index (κ1) is 14.4. The van der Waals surface area contributed by atoms with E-state index >= 15 is 0 Å². The minimum absolute atomic E-state index is 0.278. The number of hydrogen-bond acceptors (Lipinski definition) is 4. The Morgan fingerprint density at radius 1 is 1.53 bits per heavy atom. The summed E-state index contributed by atoms with van der Waals surface area (Å²) in [6.45, 7) is -0.809. The molecule has 0 bridgehead atoms. The quantitative estimate of drug-likeness (QED) is 0.878. The van der Waals surface area contributed by atoms with Crippen LogP contribution in [0.2, 0.25) is 0 Å². The molecule has 0 unspecified atom stereocenters. The number of likely N-dealkylation sites (N-methyl/N-ethyl adjacent to an activating group) is 1. The van der Waals surface area contributed by atoms with Gasteiger partial charge in [0.1, 0.15) is 5.82 Å². The summed E-state index contributed by atoms with van der Waals surface area (Å²) >= 11 is 0. The summed E-state index contributed by atoms with van der Waals surface area (Å²) in [5.41, 5.74) is -0.796. The zero-order chi connectivity index (χ0) is 13.9. The Hall–Kier alpha value is -1.05. The summed E-state index contributed by atoms with van der Waals surface area (Å²) < 4.78 is 31.4. The van der Waals surface area contributed by atoms with Crippen molar-refractivity contribution < 1.29 is 18.6 Å². The van der Waals surface area contributed by atoms with Crippen molar-refractivity contribution in [1.29, 1.82) is 0 Å². The van der Waals surface area contributed by atoms with E-state index in [1.54, 1.807) is 7.05 Å². The van der Waals surface area contributed by atoms with E-state index in [4.69, 9.17) is 4.74 Å². The zero-order valence-electron chi connectivity index (χ0n) is 10.9. The van der Waals surface area contributed by atoms with E-state index in [0.717, 1.165) is 4.57 Å². The van der Waals surface area contributed by atoms with Gasteiger partial charge in [0.05, 0.1) is 12.1 Å². The third-order valence-corrected chi connectivity index (χ3v) is 3.36. The molecule has 1 aliphatic rings. The van der Waals surface area contributed by atoms with E-state index in [1.165, 1.54) is 12.4 Å². The molecule has 19 heavy (non-hydrogen) atoms. The molecule has 1 fully saturated rings. The van der Waals surface area contributed by atoms with Gasteiger partial charge in [0.15, 0.2) is 0 Å². The molecule has 5 nitrogen and oxygen atoms in total. The van der Waals surface area contributed by atoms with E-state index in [2.05, 4.69) is 4.98 Å². The lowest BCUT2D eigenvalue weighted by Gasteiger charge is -2.35. The van der Waals surface area contributed by atoms with Crippen LogP contribution in [-0.4, -0.2) is 52.0 Å². The standard InChI is InChI=1S/C12H19F2N3O2/c1-16(9-12(18)2-6-19-7-3-12)8-10-15-4-5-17(10)11(13)14/h4-5,11,18H,2-3,6-9H2,1H3. The second kappa shape index (κ2) is 5.94. The Morgan fingerprint density at radius 2 is 2.21 bits per heavy atom. The van der Waals surface area contributed by atoms with Crippen LogP contribution in [0, 0.1) is 0 Å². The Bertz CT molecular complexity index is 405. The fraction of sp³-hybridized carbons (Fsp3) is 0.750. The summed E-state index contributed by atoms with van der Waals surface area (Å²) in [5, 5.41) is 10.4. The number of aliphatic hydroxyl groups is 1. The first-order chi connectivity index (χ1) is 9.00. The molecule has 0 amide bonds. The number of halogens is 2. The molecular weight excluding hydrogens is 256 g/mol. The van der Waals surface area contributed by atoms with Crippen LogP contribution < -0.4 is 0 Å². The van der Waals surface area contributed by atoms with E-state index < -0.39 is 12.2 Å². The number of rotatable bonds is 5. The number of alkyl halides is 2. The van der Waals surface area contributed by atoms with Gasteiger partial charge < -0.3 is 9.84 Å². The minimum atomic E-state index is -2.59. The molecule has 2 rings (SSSR count). The van der Waals surface area contributed by atoms with Crippen molar-refractivity contribution >= 4 is 0 Å². The van der Waals surface area contributed by atoms with Crippen LogP contribution in [0.5, 0.6) is 0 Å². The van der Waals surface area contributed by atoms with Crippen molar-refractivity contribution in [3.05, 3.63) is 18.2 Å². The van der Waals surface area contributed by atoms with Crippen LogP contribution in [0.4, 0.5) is 8.78 Å². The molecule has 0 atom stereocenters. The molecule has 1 saturated heterocycles. The molecule has 0 aliphatic carbocycles. The van der Waals surface area contributed by atoms with Gasteiger partial charge in [-0.05, 0) is 7.05 Å². The molecule has 1 N–H and O–H groups in total. The van der Waals surface area contributed by atoms with Gasteiger partial charge in [-0.25, -0.2) is 4.98 Å². The fourth-order valence-corrected chi connectivity index (χ4v) is 2.35. The topological polar surface area (TPSA) is 50.5 Å². The summed E-state index contributed by atoms with van der Waals surface area (Å²) in [6, 6.07) is 0. The van der Waals surface area contributed by atoms with Gasteiger partial charge in [0.25, 0.3) is 0 Å². The van der Waals surface area contributed by atoms with Crippen molar-refractivity contribution in [2.24, 2.45) is 0 Å². The van der Waals surface area contributed by atoms with Gasteiger partial charge in [0, 0.05) is 45.0 Å². The fourth-order valence-electron chi connectivity index (χ4n) is 2.35. The molecule has 1 aromatic heterocycles. The minimum Gasteiger partial charge on any atom is -0.388 e. The van der Waals surface area contributed by atoms with Crippen molar-refractivity contribution in [3.63, 3.8) is 0 Å². The highest BCUT2D eigenvalue weighted by Crippen LogP contribution is 2.22. The predicted octanol–water partition coefficient (Wildman–Crippen LogP) is 1.25. The maximum absolute atomic E-state index is 12.7. The van der Waals surface area contributed by atoms with Crippen molar-refractivity contribution in [2.45, 2.75) is 31.5 Å². The SMILES string of the molecule is CN(Cc1nccn1C(F)F)CC1(O)CCOCC1. The van der Waals surface area contributed by atoms with Crippen LogP contribution in [0.15, 0.2) is 12.4 Å². The van der Waals surface area contributed by atoms with Crippen molar-refractivity contribution in [3.8, 4) is 0 Å². The van der Waals surface area contributed by atoms with E-state index in [1.807, 2.05) is 4.90 Å². The molecular formula is C12H19F2N3O2. The maximum atomic E-state index is 12.7. The molecule has 0 radical (unpaired) electrons. The van der Waals surface area contributed by atoms with Crippen LogP contribution in [-0.2, 0) is 11.3 Å². The normalized spacial score (nSPS) is 19.3. The zero-order valence-corrected chi connectivity index (χ0v) is 10.9. The number of nitrogens with zero attached hydrogens (tertiary/aromatic N) is 3. The number of hydrogen-bond donors (Lipinski definition) is 1. The molecule has 0 aromatic carbocycles. The second-order valence-corrected chi connectivity index (χ2v) is 5.04. The highest BCUT2D eigenvalue weighted by Gasteiger charge is 2.31. The van der Waals surface area contributed by atoms with Gasteiger partial charge in [0.2, 0.25) is 0 Å². The smallest absolute Gasteiger partial charge is 0.319 e. The molecule has 1 aliphatic heterocycles. The third kappa shape index (κ3) is 3.71. The second-order valence-electron chi connectivity index (χ2n) is 5.04. The Kier molecular flexibility index (Phi) is 4.49. The summed E-state index contributed by atoms with van der Waals surface area (Å²) in [5.74, 6) is 0.299. The van der Waals surface area contributed by atoms with Gasteiger partial charge in [-0.1, -0.05) is 0 Å². The molecule has 1 aromatic rings. The average molecular weight is 275 g/mol. The van der Waals surface area contributed by atoms with Crippen LogP contribution in [0.3, 0.4) is 0 Å². The Balaban J connectivity index is 1.93. The summed E-state index contributed by atoms with van der Waals surface area (Å²) in [7, 11) is 1.79. The van der Waals surface area contributed by atoms with E-state index in [0.29, 0.717) is 38.4 Å². The molecule has 0 saturated carbocycles. The monoisotopic (exact) mass is 275 g/mol. The predicted molar refractivity (Wildman–Crippen MR) is 64.8 cm³/mol. The lowest BCUT2D eigenvalue weighted by Crippen LogP contribution is -2.45. The van der Waals surface area contributed by atoms with Gasteiger partial charge >= 0.3 is 6.55 Å². The number of ether oxygens (including phenoxy) is 1. The summed E-state index contributed by atoms with van der Waals surface area (Å²) in [4.78, 5) is 5.74. The summed E-state index contributed by atoms with van der Waals surface area (Å²) in [6.07, 6.45) is 3.76. The van der Waals surface area contributed by atoms with Crippen molar-refractivity contribution in [2.75, 3.05) is 26.8 Å². The molecule has 108 valence electrons. The molecule has 2 heterocycles. The largest absolute Gasteiger partial charge is 0.388 e. The average Bonchev–Trinajstić information content (AvgIpc) is 2.77.